The summed E-state index contributed by atoms with van der Waals surface area (Å²) in [5, 5.41) is 60.3. The SMILES string of the molecule is CC(C)CC(O)c1ccc2ccccc2c1CC(O)c1ccc(C2CCC3CCC(C4(N=C(N)N)Oc5ccc6c(c5)CCC(C)C6CC(S(=O)(=O)[O-])C5C=C6CC(CC7CC(CO)CC#Cc8cc(O)ccc8C6O7)C5c5ccc4cc5)C(Cc4ccccc4)C3(O)C2)cc1.[Na+]. The molecule has 1 saturated heterocycles. The van der Waals surface area contributed by atoms with Gasteiger partial charge in [-0.15, -0.1) is 0 Å². The molecule has 7 aromatic carbocycles. The standard InChI is InChI=1S/C82H93N3O10S.Na/c1-48(2)36-76(89)69-32-25-53-13-7-8-15-66(53)71(69)44-75(88)54-20-18-52(19-21-54)58-24-26-61-29-35-73(74(81(61,90)46-58)38-50-10-5-4-6-11-50)82(85-80(83)84)62-27-22-55(23-28-62)78-59-39-60(79-68-33-30-63(87)40-56(68)14-9-12-51(47-86)37-65(42-59)94-79)43-72(78)77(96(91,92)93)45-70-49(3)16-17-57-41-64(95-82)31-34-67(57)70;/h4-8,10-11,13,15,18-23,25,27-28,30-34,40-41,43,48-49,51,58-59,61,65,70,72-79,86-90H,12,16-17,24,26,29,35-39,42,44-47H2,1-3H3,(H4,83,84,85)(H,91,92,93);/q;+1/p-1. The summed E-state index contributed by atoms with van der Waals surface area (Å²) in [6.45, 7) is 6.28. The Labute approximate surface area is 594 Å². The van der Waals surface area contributed by atoms with Crippen molar-refractivity contribution in [2.24, 2.45) is 63.8 Å². The van der Waals surface area contributed by atoms with E-state index in [9.17, 15) is 38.5 Å². The molecule has 9 N–H and O–H groups in total. The van der Waals surface area contributed by atoms with Gasteiger partial charge in [0.05, 0.1) is 39.3 Å². The van der Waals surface area contributed by atoms with Crippen molar-refractivity contribution in [1.82, 2.24) is 0 Å². The van der Waals surface area contributed by atoms with Gasteiger partial charge in [-0.2, -0.15) is 0 Å². The number of aliphatic hydroxyl groups is 4. The Morgan fingerprint density at radius 2 is 1.56 bits per heavy atom. The fraction of sp³-hybridized carbons (Fsp3) is 0.451. The van der Waals surface area contributed by atoms with Gasteiger partial charge in [0, 0.05) is 48.0 Å². The fourth-order valence-electron chi connectivity index (χ4n) is 19.1. The van der Waals surface area contributed by atoms with Crippen LogP contribution in [0.4, 0.5) is 0 Å². The van der Waals surface area contributed by atoms with Crippen molar-refractivity contribution in [3.05, 3.63) is 225 Å². The molecule has 5 heterocycles. The number of hydrogen-bond acceptors (Lipinski definition) is 11. The Morgan fingerprint density at radius 3 is 2.31 bits per heavy atom. The van der Waals surface area contributed by atoms with Gasteiger partial charge in [0.25, 0.3) is 0 Å². The van der Waals surface area contributed by atoms with Crippen LogP contribution in [0.5, 0.6) is 11.5 Å². The molecule has 0 amide bonds. The Bertz CT molecular complexity index is 4240. The number of nitrogens with zero attached hydrogens (tertiary/aromatic N) is 1. The van der Waals surface area contributed by atoms with E-state index in [1.54, 1.807) is 12.1 Å². The topological polar surface area (TPSA) is 241 Å². The summed E-state index contributed by atoms with van der Waals surface area (Å²) < 4.78 is 58.5. The maximum Gasteiger partial charge on any atom is 1.00 e. The van der Waals surface area contributed by atoms with Crippen LogP contribution in [0.2, 0.25) is 0 Å². The zero-order valence-corrected chi connectivity index (χ0v) is 59.2. The van der Waals surface area contributed by atoms with E-state index < -0.39 is 68.7 Å². The summed E-state index contributed by atoms with van der Waals surface area (Å²) in [6.07, 6.45) is 7.98. The number of phenolic OH excluding ortho intramolecular Hbond substituents is 1. The van der Waals surface area contributed by atoms with Gasteiger partial charge >= 0.3 is 29.6 Å². The van der Waals surface area contributed by atoms with Gasteiger partial charge in [0.15, 0.2) is 5.96 Å². The minimum absolute atomic E-state index is 0. The van der Waals surface area contributed by atoms with Gasteiger partial charge < -0.3 is 51.0 Å². The summed E-state index contributed by atoms with van der Waals surface area (Å²) in [6, 6.07) is 50.2. The van der Waals surface area contributed by atoms with E-state index >= 15 is 0 Å². The third-order valence-corrected chi connectivity index (χ3v) is 24.9. The quantitative estimate of drug-likeness (QED) is 0.0142. The average Bonchev–Trinajstić information content (AvgIpc) is 1.30. The first kappa shape index (κ1) is 69.2. The van der Waals surface area contributed by atoms with Crippen LogP contribution in [0.25, 0.3) is 10.8 Å². The molecule has 5 aliphatic heterocycles. The first-order valence-corrected chi connectivity index (χ1v) is 36.7. The number of phenols is 1. The number of benzene rings is 7. The predicted molar refractivity (Wildman–Crippen MR) is 374 cm³/mol. The normalized spacial score (nSPS) is 30.4. The van der Waals surface area contributed by atoms with Crippen molar-refractivity contribution in [3.63, 3.8) is 0 Å². The summed E-state index contributed by atoms with van der Waals surface area (Å²) >= 11 is 0. The van der Waals surface area contributed by atoms with Gasteiger partial charge in [0.2, 0.25) is 5.72 Å². The van der Waals surface area contributed by atoms with Gasteiger partial charge in [-0.25, -0.2) is 13.4 Å². The first-order valence-electron chi connectivity index (χ1n) is 35.2. The van der Waals surface area contributed by atoms with Crippen molar-refractivity contribution < 1.29 is 77.5 Å². The molecule has 0 radical (unpaired) electrons. The van der Waals surface area contributed by atoms with E-state index in [0.717, 1.165) is 85.7 Å². The van der Waals surface area contributed by atoms with Crippen molar-refractivity contribution in [1.29, 1.82) is 0 Å². The van der Waals surface area contributed by atoms with Gasteiger partial charge in [-0.3, -0.25) is 0 Å². The van der Waals surface area contributed by atoms with Crippen molar-refractivity contribution in [3.8, 4) is 23.3 Å². The van der Waals surface area contributed by atoms with Crippen molar-refractivity contribution in [2.45, 2.75) is 176 Å². The molecular formula is C82H92N3NaO10S. The minimum atomic E-state index is -4.99. The second kappa shape index (κ2) is 28.4. The van der Waals surface area contributed by atoms with E-state index in [4.69, 9.17) is 25.9 Å². The monoisotopic (exact) mass is 1330 g/mol. The summed E-state index contributed by atoms with van der Waals surface area (Å²) in [7, 11) is -4.99. The largest absolute Gasteiger partial charge is 1.00 e. The van der Waals surface area contributed by atoms with E-state index in [0.29, 0.717) is 87.5 Å². The molecule has 97 heavy (non-hydrogen) atoms. The number of rotatable bonds is 13. The number of guanidine groups is 1. The van der Waals surface area contributed by atoms with Crippen LogP contribution in [0.3, 0.4) is 0 Å². The van der Waals surface area contributed by atoms with E-state index in [2.05, 4.69) is 105 Å². The molecule has 17 atom stereocenters. The summed E-state index contributed by atoms with van der Waals surface area (Å²) in [5.74, 6) is 4.31. The summed E-state index contributed by atoms with van der Waals surface area (Å²) in [5.41, 5.74) is 21.2. The smallest absolute Gasteiger partial charge is 0.748 e. The van der Waals surface area contributed by atoms with Gasteiger partial charge in [-0.1, -0.05) is 166 Å². The number of ether oxygens (including phenoxy) is 2. The zero-order chi connectivity index (χ0) is 66.8. The number of fused-ring (bicyclic) bond motifs is 10. The maximum atomic E-state index is 14.5. The van der Waals surface area contributed by atoms with Crippen LogP contribution in [-0.2, 0) is 39.8 Å². The molecule has 0 aromatic heterocycles. The molecule has 17 unspecified atom stereocenters. The average molecular weight is 1330 g/mol. The fourth-order valence-corrected chi connectivity index (χ4v) is 20.2. The van der Waals surface area contributed by atoms with Crippen LogP contribution in [-0.4, -0.2) is 68.0 Å². The second-order valence-corrected chi connectivity index (χ2v) is 31.6. The first-order chi connectivity index (χ1) is 46.2. The molecule has 7 aromatic rings. The van der Waals surface area contributed by atoms with Crippen molar-refractivity contribution >= 4 is 26.9 Å². The van der Waals surface area contributed by atoms with Crippen LogP contribution in [0.15, 0.2) is 168 Å². The van der Waals surface area contributed by atoms with E-state index in [1.807, 2.05) is 72.8 Å². The van der Waals surface area contributed by atoms with Crippen LogP contribution < -0.4 is 45.8 Å². The number of aliphatic hydroxyl groups excluding tert-OH is 3. The zero-order valence-electron chi connectivity index (χ0n) is 56.3. The molecule has 502 valence electrons. The predicted octanol–water partition coefficient (Wildman–Crippen LogP) is 10.9. The Hall–Kier alpha value is -6.32. The summed E-state index contributed by atoms with van der Waals surface area (Å²) in [4.78, 5) is 5.37. The molecular weight excluding hydrogens is 1240 g/mol. The molecule has 9 aliphatic rings. The molecule has 13 nitrogen and oxygen atoms in total. The number of aromatic hydroxyl groups is 1. The Morgan fingerprint density at radius 1 is 0.814 bits per heavy atom. The number of aliphatic imine (C=N–C) groups is 1. The number of hydrogen-bond donors (Lipinski definition) is 7. The van der Waals surface area contributed by atoms with Crippen LogP contribution in [0, 0.1) is 59.2 Å². The second-order valence-electron chi connectivity index (χ2n) is 30.0. The number of allylic oxidation sites excluding steroid dienone is 1. The minimum Gasteiger partial charge on any atom is -0.748 e. The molecule has 10 bridgehead atoms. The van der Waals surface area contributed by atoms with Gasteiger partial charge in [0.1, 0.15) is 17.6 Å². The maximum absolute atomic E-state index is 14.5. The van der Waals surface area contributed by atoms with Crippen LogP contribution >= 0.6 is 0 Å². The van der Waals surface area contributed by atoms with Crippen molar-refractivity contribution in [2.75, 3.05) is 6.61 Å². The molecule has 0 spiro atoms. The van der Waals surface area contributed by atoms with Gasteiger partial charge in [-0.05, 0) is 222 Å². The third-order valence-electron chi connectivity index (χ3n) is 23.7. The van der Waals surface area contributed by atoms with E-state index in [-0.39, 0.29) is 102 Å². The molecule has 3 fully saturated rings. The Kier molecular flexibility index (Phi) is 20.2. The van der Waals surface area contributed by atoms with Crippen LogP contribution in [0.1, 0.15) is 195 Å². The molecule has 4 aliphatic carbocycles. The van der Waals surface area contributed by atoms with E-state index in [1.165, 1.54) is 0 Å². The number of nitrogens with two attached hydrogens (primary N) is 2. The number of aryl methyl sites for hydroxylation is 1. The molecule has 2 saturated carbocycles. The molecule has 15 heteroatoms. The molecule has 16 rings (SSSR count). The third kappa shape index (κ3) is 13.8. The Balaban J connectivity index is 0.00000849.